The molecule has 4 heteroatoms. The third-order valence-electron chi connectivity index (χ3n) is 3.43. The van der Waals surface area contributed by atoms with Crippen molar-refractivity contribution in [1.29, 1.82) is 0 Å². The van der Waals surface area contributed by atoms with E-state index in [-0.39, 0.29) is 0 Å². The van der Waals surface area contributed by atoms with Gasteiger partial charge in [-0.15, -0.1) is 0 Å². The summed E-state index contributed by atoms with van der Waals surface area (Å²) >= 11 is 5.32. The highest BCUT2D eigenvalue weighted by atomic mass is 79.9. The van der Waals surface area contributed by atoms with Gasteiger partial charge in [0.2, 0.25) is 0 Å². The molecule has 0 aliphatic carbocycles. The van der Waals surface area contributed by atoms with E-state index >= 15 is 0 Å². The van der Waals surface area contributed by atoms with Crippen molar-refractivity contribution in [2.45, 2.75) is 16.4 Å². The summed E-state index contributed by atoms with van der Waals surface area (Å²) in [7, 11) is 1.66. The molecular formula is C20H17BrO2S. The second-order valence-corrected chi connectivity index (χ2v) is 7.09. The number of benzene rings is 3. The molecule has 0 aliphatic rings. The van der Waals surface area contributed by atoms with E-state index in [4.69, 9.17) is 9.47 Å². The number of ether oxygens (including phenoxy) is 2. The maximum Gasteiger partial charge on any atom is 0.162 e. The van der Waals surface area contributed by atoms with Gasteiger partial charge in [0.15, 0.2) is 11.5 Å². The highest BCUT2D eigenvalue weighted by Crippen LogP contribution is 2.41. The second-order valence-electron chi connectivity index (χ2n) is 5.12. The lowest BCUT2D eigenvalue weighted by Gasteiger charge is -2.14. The van der Waals surface area contributed by atoms with E-state index in [0.717, 1.165) is 26.4 Å². The molecule has 0 saturated carbocycles. The van der Waals surface area contributed by atoms with Crippen molar-refractivity contribution < 1.29 is 9.47 Å². The van der Waals surface area contributed by atoms with Crippen LogP contribution in [-0.4, -0.2) is 7.11 Å². The summed E-state index contributed by atoms with van der Waals surface area (Å²) in [6.45, 7) is 0.509. The Hall–Kier alpha value is -1.91. The van der Waals surface area contributed by atoms with E-state index in [2.05, 4.69) is 28.1 Å². The number of methoxy groups -OCH3 is 1. The van der Waals surface area contributed by atoms with E-state index in [1.807, 2.05) is 60.7 Å². The molecule has 0 N–H and O–H groups in total. The van der Waals surface area contributed by atoms with Gasteiger partial charge in [-0.3, -0.25) is 0 Å². The van der Waals surface area contributed by atoms with Crippen LogP contribution in [0.3, 0.4) is 0 Å². The molecule has 3 aromatic rings. The lowest BCUT2D eigenvalue weighted by atomic mass is 10.2. The average Bonchev–Trinajstić information content (AvgIpc) is 2.63. The monoisotopic (exact) mass is 400 g/mol. The first-order chi connectivity index (χ1) is 11.8. The summed E-state index contributed by atoms with van der Waals surface area (Å²) in [4.78, 5) is 2.27. The van der Waals surface area contributed by atoms with Gasteiger partial charge in [-0.05, 0) is 45.8 Å². The molecule has 0 amide bonds. The minimum atomic E-state index is 0.509. The first-order valence-corrected chi connectivity index (χ1v) is 9.14. The molecular weight excluding hydrogens is 384 g/mol. The molecule has 3 rings (SSSR count). The van der Waals surface area contributed by atoms with Gasteiger partial charge >= 0.3 is 0 Å². The molecule has 0 aliphatic heterocycles. The molecule has 0 bridgehead atoms. The van der Waals surface area contributed by atoms with Crippen LogP contribution in [0.1, 0.15) is 5.56 Å². The molecule has 24 heavy (non-hydrogen) atoms. The Morgan fingerprint density at radius 3 is 2.21 bits per heavy atom. The van der Waals surface area contributed by atoms with Gasteiger partial charge in [0, 0.05) is 14.3 Å². The van der Waals surface area contributed by atoms with Gasteiger partial charge in [-0.2, -0.15) is 0 Å². The Bertz CT molecular complexity index is 791. The third kappa shape index (κ3) is 4.34. The molecule has 0 saturated heterocycles. The minimum Gasteiger partial charge on any atom is -0.493 e. The fourth-order valence-corrected chi connectivity index (χ4v) is 3.65. The smallest absolute Gasteiger partial charge is 0.162 e. The number of halogens is 1. The summed E-state index contributed by atoms with van der Waals surface area (Å²) in [5.74, 6) is 1.46. The average molecular weight is 401 g/mol. The fraction of sp³-hybridized carbons (Fsp3) is 0.100. The minimum absolute atomic E-state index is 0.509. The Balaban J connectivity index is 1.79. The standard InChI is InChI=1S/C20H17BrO2S/c1-22-18-13-20(24-16-10-6-3-7-11-16)17(21)12-19(18)23-14-15-8-4-2-5-9-15/h2-13H,14H2,1H3. The first-order valence-electron chi connectivity index (χ1n) is 7.53. The van der Waals surface area contributed by atoms with Gasteiger partial charge in [0.1, 0.15) is 6.61 Å². The van der Waals surface area contributed by atoms with Crippen LogP contribution < -0.4 is 9.47 Å². The van der Waals surface area contributed by atoms with E-state index in [1.54, 1.807) is 18.9 Å². The number of rotatable bonds is 6. The van der Waals surface area contributed by atoms with Crippen LogP contribution >= 0.6 is 27.7 Å². The van der Waals surface area contributed by atoms with Crippen molar-refractivity contribution in [1.82, 2.24) is 0 Å². The van der Waals surface area contributed by atoms with Crippen LogP contribution in [0.2, 0.25) is 0 Å². The molecule has 0 fully saturated rings. The number of hydrogen-bond donors (Lipinski definition) is 0. The van der Waals surface area contributed by atoms with E-state index < -0.39 is 0 Å². The Labute approximate surface area is 154 Å². The van der Waals surface area contributed by atoms with Crippen LogP contribution in [0.5, 0.6) is 11.5 Å². The van der Waals surface area contributed by atoms with Crippen molar-refractivity contribution in [3.05, 3.63) is 82.8 Å². The fourth-order valence-electron chi connectivity index (χ4n) is 2.22. The largest absolute Gasteiger partial charge is 0.493 e. The van der Waals surface area contributed by atoms with Gasteiger partial charge in [-0.1, -0.05) is 60.3 Å². The van der Waals surface area contributed by atoms with Crippen LogP contribution in [-0.2, 0) is 6.61 Å². The summed E-state index contributed by atoms with van der Waals surface area (Å²) < 4.78 is 12.4. The molecule has 0 heterocycles. The molecule has 3 aromatic carbocycles. The zero-order chi connectivity index (χ0) is 16.8. The van der Waals surface area contributed by atoms with Crippen LogP contribution in [0.15, 0.2) is 87.1 Å². The molecule has 0 radical (unpaired) electrons. The summed E-state index contributed by atoms with van der Waals surface area (Å²) in [5, 5.41) is 0. The van der Waals surface area contributed by atoms with Crippen LogP contribution in [0, 0.1) is 0 Å². The summed E-state index contributed by atoms with van der Waals surface area (Å²) in [6, 6.07) is 24.3. The van der Waals surface area contributed by atoms with E-state index in [9.17, 15) is 0 Å². The molecule has 0 aromatic heterocycles. The third-order valence-corrected chi connectivity index (χ3v) is 5.41. The molecule has 0 unspecified atom stereocenters. The predicted molar refractivity (Wildman–Crippen MR) is 102 cm³/mol. The molecule has 2 nitrogen and oxygen atoms in total. The van der Waals surface area contributed by atoms with Crippen LogP contribution in [0.4, 0.5) is 0 Å². The number of hydrogen-bond acceptors (Lipinski definition) is 3. The molecule has 0 atom stereocenters. The highest BCUT2D eigenvalue weighted by molar-refractivity contribution is 9.10. The topological polar surface area (TPSA) is 18.5 Å². The maximum atomic E-state index is 5.94. The Morgan fingerprint density at radius 2 is 1.54 bits per heavy atom. The second kappa shape index (κ2) is 8.27. The van der Waals surface area contributed by atoms with Gasteiger partial charge in [0.25, 0.3) is 0 Å². The normalized spacial score (nSPS) is 10.4. The molecule has 0 spiro atoms. The predicted octanol–water partition coefficient (Wildman–Crippen LogP) is 6.19. The van der Waals surface area contributed by atoms with Crippen molar-refractivity contribution in [3.63, 3.8) is 0 Å². The van der Waals surface area contributed by atoms with Gasteiger partial charge in [-0.25, -0.2) is 0 Å². The Morgan fingerprint density at radius 1 is 0.875 bits per heavy atom. The zero-order valence-corrected chi connectivity index (χ0v) is 15.6. The Kier molecular flexibility index (Phi) is 5.83. The quantitative estimate of drug-likeness (QED) is 0.491. The van der Waals surface area contributed by atoms with Crippen molar-refractivity contribution in [2.75, 3.05) is 7.11 Å². The van der Waals surface area contributed by atoms with Crippen molar-refractivity contribution in [3.8, 4) is 11.5 Å². The van der Waals surface area contributed by atoms with Crippen LogP contribution in [0.25, 0.3) is 0 Å². The lowest BCUT2D eigenvalue weighted by Crippen LogP contribution is -1.98. The zero-order valence-electron chi connectivity index (χ0n) is 13.2. The SMILES string of the molecule is COc1cc(Sc2ccccc2)c(Br)cc1OCc1ccccc1. The van der Waals surface area contributed by atoms with Gasteiger partial charge in [0.05, 0.1) is 7.11 Å². The van der Waals surface area contributed by atoms with E-state index in [0.29, 0.717) is 6.61 Å². The van der Waals surface area contributed by atoms with Gasteiger partial charge < -0.3 is 9.47 Å². The van der Waals surface area contributed by atoms with Crippen molar-refractivity contribution >= 4 is 27.7 Å². The highest BCUT2D eigenvalue weighted by Gasteiger charge is 2.12. The first kappa shape index (κ1) is 16.9. The van der Waals surface area contributed by atoms with E-state index in [1.165, 1.54) is 4.90 Å². The summed E-state index contributed by atoms with van der Waals surface area (Å²) in [5.41, 5.74) is 1.12. The molecule has 122 valence electrons. The van der Waals surface area contributed by atoms with Crippen molar-refractivity contribution in [2.24, 2.45) is 0 Å². The maximum absolute atomic E-state index is 5.94. The lowest BCUT2D eigenvalue weighted by molar-refractivity contribution is 0.284. The summed E-state index contributed by atoms with van der Waals surface area (Å²) in [6.07, 6.45) is 0.